The lowest BCUT2D eigenvalue weighted by molar-refractivity contribution is -0.0000333. The summed E-state index contributed by atoms with van der Waals surface area (Å²) in [5, 5.41) is 10.1. The fourth-order valence-corrected chi connectivity index (χ4v) is 1.57. The summed E-state index contributed by atoms with van der Waals surface area (Å²) in [6.07, 6.45) is -0.725. The molecule has 5 heteroatoms. The number of ether oxygens (including phenoxy) is 2. The molecule has 5 nitrogen and oxygen atoms in total. The fourth-order valence-electron chi connectivity index (χ4n) is 1.57. The normalized spacial score (nSPS) is 12.5. The molecule has 1 rings (SSSR count). The van der Waals surface area contributed by atoms with E-state index in [1.165, 1.54) is 0 Å². The minimum atomic E-state index is -0.725. The zero-order valence-corrected chi connectivity index (χ0v) is 12.0. The zero-order valence-electron chi connectivity index (χ0n) is 12.0. The number of hydrogen-bond donors (Lipinski definition) is 2. The molecule has 0 saturated carbocycles. The molecule has 0 amide bonds. The van der Waals surface area contributed by atoms with Crippen molar-refractivity contribution in [3.8, 4) is 11.5 Å². The highest BCUT2D eigenvalue weighted by atomic mass is 16.6. The van der Waals surface area contributed by atoms with Crippen molar-refractivity contribution in [3.63, 3.8) is 0 Å². The van der Waals surface area contributed by atoms with Gasteiger partial charge in [-0.25, -0.2) is 0 Å². The Morgan fingerprint density at radius 3 is 2.53 bits per heavy atom. The van der Waals surface area contributed by atoms with Crippen molar-refractivity contribution in [2.24, 2.45) is 5.92 Å². The minimum absolute atomic E-state index is 0.288. The SMILES string of the molecule is COc1ccc(OC)c(C(O)CNOCC(C)C)c1. The quantitative estimate of drug-likeness (QED) is 0.557. The Hall–Kier alpha value is -1.30. The minimum Gasteiger partial charge on any atom is -0.497 e. The van der Waals surface area contributed by atoms with Crippen molar-refractivity contribution in [2.75, 3.05) is 27.4 Å². The van der Waals surface area contributed by atoms with E-state index in [0.717, 1.165) is 0 Å². The largest absolute Gasteiger partial charge is 0.497 e. The summed E-state index contributed by atoms with van der Waals surface area (Å²) in [6.45, 7) is 5.00. The molecule has 0 aliphatic heterocycles. The van der Waals surface area contributed by atoms with Crippen molar-refractivity contribution >= 4 is 0 Å². The molecule has 0 saturated heterocycles. The van der Waals surface area contributed by atoms with Crippen LogP contribution >= 0.6 is 0 Å². The number of hydrogen-bond acceptors (Lipinski definition) is 5. The molecule has 0 aromatic heterocycles. The summed E-state index contributed by atoms with van der Waals surface area (Å²) in [6, 6.07) is 5.32. The van der Waals surface area contributed by atoms with Crippen molar-refractivity contribution in [2.45, 2.75) is 20.0 Å². The van der Waals surface area contributed by atoms with Crippen LogP contribution in [-0.4, -0.2) is 32.5 Å². The molecule has 0 aliphatic rings. The first-order chi connectivity index (χ1) is 9.08. The summed E-state index contributed by atoms with van der Waals surface area (Å²) in [5.41, 5.74) is 3.43. The number of aliphatic hydroxyl groups is 1. The molecule has 0 heterocycles. The Bertz CT molecular complexity index is 382. The maximum atomic E-state index is 10.1. The summed E-state index contributed by atoms with van der Waals surface area (Å²) >= 11 is 0. The number of nitrogens with one attached hydrogen (secondary N) is 1. The molecule has 0 aliphatic carbocycles. The number of hydroxylamine groups is 1. The van der Waals surface area contributed by atoms with Crippen LogP contribution in [0.3, 0.4) is 0 Å². The summed E-state index contributed by atoms with van der Waals surface area (Å²) in [7, 11) is 3.16. The van der Waals surface area contributed by atoms with Crippen LogP contribution in [0.1, 0.15) is 25.5 Å². The van der Waals surface area contributed by atoms with Crippen molar-refractivity contribution in [1.82, 2.24) is 5.48 Å². The van der Waals surface area contributed by atoms with E-state index < -0.39 is 6.10 Å². The van der Waals surface area contributed by atoms with Gasteiger partial charge in [-0.15, -0.1) is 0 Å². The van der Waals surface area contributed by atoms with Crippen LogP contribution in [0, 0.1) is 5.92 Å². The van der Waals surface area contributed by atoms with Gasteiger partial charge < -0.3 is 19.4 Å². The lowest BCUT2D eigenvalue weighted by atomic mass is 10.1. The van der Waals surface area contributed by atoms with E-state index in [0.29, 0.717) is 29.6 Å². The van der Waals surface area contributed by atoms with Crippen LogP contribution in [0.2, 0.25) is 0 Å². The van der Waals surface area contributed by atoms with Gasteiger partial charge in [-0.2, -0.15) is 5.48 Å². The lowest BCUT2D eigenvalue weighted by Crippen LogP contribution is -2.24. The molecule has 1 unspecified atom stereocenters. The molecule has 0 bridgehead atoms. The van der Waals surface area contributed by atoms with Crippen molar-refractivity contribution < 1.29 is 19.4 Å². The Balaban J connectivity index is 2.61. The van der Waals surface area contributed by atoms with Gasteiger partial charge in [0.15, 0.2) is 0 Å². The van der Waals surface area contributed by atoms with Crippen LogP contribution in [0.5, 0.6) is 11.5 Å². The first-order valence-electron chi connectivity index (χ1n) is 6.33. The molecule has 1 aromatic rings. The third kappa shape index (κ3) is 5.06. The highest BCUT2D eigenvalue weighted by molar-refractivity contribution is 5.41. The predicted molar refractivity (Wildman–Crippen MR) is 73.3 cm³/mol. The van der Waals surface area contributed by atoms with E-state index in [4.69, 9.17) is 14.3 Å². The van der Waals surface area contributed by atoms with E-state index in [-0.39, 0.29) is 6.54 Å². The van der Waals surface area contributed by atoms with E-state index in [1.807, 2.05) is 0 Å². The van der Waals surface area contributed by atoms with Crippen LogP contribution in [0.25, 0.3) is 0 Å². The Labute approximate surface area is 114 Å². The third-order valence-corrected chi connectivity index (χ3v) is 2.59. The molecular formula is C14H23NO4. The maximum absolute atomic E-state index is 10.1. The zero-order chi connectivity index (χ0) is 14.3. The molecule has 1 aromatic carbocycles. The molecule has 19 heavy (non-hydrogen) atoms. The number of benzene rings is 1. The fraction of sp³-hybridized carbons (Fsp3) is 0.571. The average molecular weight is 269 g/mol. The van der Waals surface area contributed by atoms with E-state index in [2.05, 4.69) is 19.3 Å². The van der Waals surface area contributed by atoms with Gasteiger partial charge in [0.2, 0.25) is 0 Å². The maximum Gasteiger partial charge on any atom is 0.124 e. The summed E-state index contributed by atoms with van der Waals surface area (Å²) < 4.78 is 10.4. The van der Waals surface area contributed by atoms with Crippen LogP contribution < -0.4 is 15.0 Å². The second-order valence-electron chi connectivity index (χ2n) is 4.68. The van der Waals surface area contributed by atoms with Gasteiger partial charge in [0.1, 0.15) is 11.5 Å². The monoisotopic (exact) mass is 269 g/mol. The van der Waals surface area contributed by atoms with Gasteiger partial charge in [0.25, 0.3) is 0 Å². The molecule has 0 spiro atoms. The van der Waals surface area contributed by atoms with Crippen molar-refractivity contribution in [1.29, 1.82) is 0 Å². The lowest BCUT2D eigenvalue weighted by Gasteiger charge is -2.16. The first-order valence-corrected chi connectivity index (χ1v) is 6.33. The topological polar surface area (TPSA) is 60.0 Å². The van der Waals surface area contributed by atoms with Crippen molar-refractivity contribution in [3.05, 3.63) is 23.8 Å². The van der Waals surface area contributed by atoms with Gasteiger partial charge >= 0.3 is 0 Å². The average Bonchev–Trinajstić information content (AvgIpc) is 2.42. The smallest absolute Gasteiger partial charge is 0.124 e. The number of rotatable bonds is 8. The van der Waals surface area contributed by atoms with Crippen LogP contribution in [0.15, 0.2) is 18.2 Å². The van der Waals surface area contributed by atoms with E-state index >= 15 is 0 Å². The third-order valence-electron chi connectivity index (χ3n) is 2.59. The van der Waals surface area contributed by atoms with Gasteiger partial charge in [-0.05, 0) is 24.1 Å². The molecule has 0 radical (unpaired) electrons. The standard InChI is InChI=1S/C14H23NO4/c1-10(2)9-19-15-8-13(16)12-7-11(17-3)5-6-14(12)18-4/h5-7,10,13,15-16H,8-9H2,1-4H3. The van der Waals surface area contributed by atoms with E-state index in [9.17, 15) is 5.11 Å². The Morgan fingerprint density at radius 1 is 1.21 bits per heavy atom. The Kier molecular flexibility index (Phi) is 6.62. The highest BCUT2D eigenvalue weighted by Crippen LogP contribution is 2.28. The van der Waals surface area contributed by atoms with Gasteiger partial charge in [0, 0.05) is 5.56 Å². The van der Waals surface area contributed by atoms with Gasteiger partial charge in [-0.1, -0.05) is 13.8 Å². The summed E-state index contributed by atoms with van der Waals surface area (Å²) in [5.74, 6) is 1.74. The van der Waals surface area contributed by atoms with Gasteiger partial charge in [0.05, 0.1) is 33.5 Å². The predicted octanol–water partition coefficient (Wildman–Crippen LogP) is 1.91. The first kappa shape index (κ1) is 15.8. The molecule has 1 atom stereocenters. The molecule has 0 fully saturated rings. The number of methoxy groups -OCH3 is 2. The van der Waals surface area contributed by atoms with Crippen LogP contribution in [0.4, 0.5) is 0 Å². The highest BCUT2D eigenvalue weighted by Gasteiger charge is 2.14. The van der Waals surface area contributed by atoms with E-state index in [1.54, 1.807) is 32.4 Å². The second kappa shape index (κ2) is 7.99. The molecule has 2 N–H and O–H groups in total. The molecule has 108 valence electrons. The van der Waals surface area contributed by atoms with Gasteiger partial charge in [-0.3, -0.25) is 0 Å². The van der Waals surface area contributed by atoms with Crippen LogP contribution in [-0.2, 0) is 4.84 Å². The summed E-state index contributed by atoms with van der Waals surface area (Å²) in [4.78, 5) is 5.24. The Morgan fingerprint density at radius 2 is 1.95 bits per heavy atom. The number of aliphatic hydroxyl groups excluding tert-OH is 1. The molecular weight excluding hydrogens is 246 g/mol. The second-order valence-corrected chi connectivity index (χ2v) is 4.68.